The van der Waals surface area contributed by atoms with Gasteiger partial charge in [0.2, 0.25) is 0 Å². The summed E-state index contributed by atoms with van der Waals surface area (Å²) in [6.45, 7) is 3.04. The van der Waals surface area contributed by atoms with Gasteiger partial charge in [0.15, 0.2) is 11.5 Å². The third kappa shape index (κ3) is 2.47. The van der Waals surface area contributed by atoms with Crippen LogP contribution >= 0.6 is 11.3 Å². The molecule has 0 unspecified atom stereocenters. The zero-order chi connectivity index (χ0) is 13.0. The van der Waals surface area contributed by atoms with Crippen LogP contribution in [0.3, 0.4) is 0 Å². The summed E-state index contributed by atoms with van der Waals surface area (Å²) < 4.78 is 11.0. The molecule has 2 N–H and O–H groups in total. The van der Waals surface area contributed by atoms with E-state index in [1.54, 1.807) is 24.6 Å². The van der Waals surface area contributed by atoms with Crippen molar-refractivity contribution in [3.05, 3.63) is 29.3 Å². The number of para-hydroxylation sites is 1. The van der Waals surface area contributed by atoms with E-state index in [9.17, 15) is 0 Å². The monoisotopic (exact) mass is 264 g/mol. The van der Waals surface area contributed by atoms with E-state index in [1.165, 1.54) is 0 Å². The number of benzene rings is 1. The minimum atomic E-state index is 0.506. The highest BCUT2D eigenvalue weighted by Crippen LogP contribution is 2.39. The molecule has 96 valence electrons. The first-order valence-corrected chi connectivity index (χ1v) is 6.56. The summed E-state index contributed by atoms with van der Waals surface area (Å²) in [5.41, 5.74) is 6.55. The molecule has 18 heavy (non-hydrogen) atoms. The zero-order valence-corrected chi connectivity index (χ0v) is 11.3. The number of thiazole rings is 1. The second-order valence-electron chi connectivity index (χ2n) is 3.61. The molecule has 5 heteroatoms. The van der Waals surface area contributed by atoms with Crippen molar-refractivity contribution in [3.8, 4) is 22.1 Å². The smallest absolute Gasteiger partial charge is 0.171 e. The largest absolute Gasteiger partial charge is 0.493 e. The number of hydrogen-bond donors (Lipinski definition) is 1. The maximum absolute atomic E-state index is 5.67. The lowest BCUT2D eigenvalue weighted by Crippen LogP contribution is -1.97. The average molecular weight is 264 g/mol. The van der Waals surface area contributed by atoms with Gasteiger partial charge >= 0.3 is 0 Å². The van der Waals surface area contributed by atoms with E-state index >= 15 is 0 Å². The van der Waals surface area contributed by atoms with E-state index in [-0.39, 0.29) is 0 Å². The third-order valence-corrected chi connectivity index (χ3v) is 3.53. The van der Waals surface area contributed by atoms with Crippen LogP contribution in [-0.4, -0.2) is 18.7 Å². The van der Waals surface area contributed by atoms with Crippen LogP contribution in [0.1, 0.15) is 11.8 Å². The van der Waals surface area contributed by atoms with Crippen molar-refractivity contribution < 1.29 is 9.47 Å². The molecule has 0 fully saturated rings. The molecule has 2 rings (SSSR count). The molecule has 0 aliphatic heterocycles. The summed E-state index contributed by atoms with van der Waals surface area (Å²) in [4.78, 5) is 5.43. The Morgan fingerprint density at radius 3 is 2.83 bits per heavy atom. The highest BCUT2D eigenvalue weighted by Gasteiger charge is 2.14. The van der Waals surface area contributed by atoms with Gasteiger partial charge in [-0.05, 0) is 19.1 Å². The van der Waals surface area contributed by atoms with Gasteiger partial charge in [0.25, 0.3) is 0 Å². The topological polar surface area (TPSA) is 57.4 Å². The quantitative estimate of drug-likeness (QED) is 0.902. The molecule has 1 heterocycles. The van der Waals surface area contributed by atoms with Crippen LogP contribution < -0.4 is 15.2 Å². The second kappa shape index (κ2) is 5.84. The molecule has 0 bridgehead atoms. The van der Waals surface area contributed by atoms with Crippen molar-refractivity contribution in [2.75, 3.05) is 13.7 Å². The maximum Gasteiger partial charge on any atom is 0.171 e. The Morgan fingerprint density at radius 2 is 2.22 bits per heavy atom. The van der Waals surface area contributed by atoms with Crippen molar-refractivity contribution in [3.63, 3.8) is 0 Å². The molecule has 0 saturated carbocycles. The van der Waals surface area contributed by atoms with Crippen LogP contribution in [0.15, 0.2) is 24.4 Å². The van der Waals surface area contributed by atoms with Gasteiger partial charge in [-0.2, -0.15) is 0 Å². The Labute approximate surface area is 110 Å². The number of methoxy groups -OCH3 is 1. The fourth-order valence-electron chi connectivity index (χ4n) is 1.66. The van der Waals surface area contributed by atoms with Crippen LogP contribution in [0.2, 0.25) is 0 Å². The van der Waals surface area contributed by atoms with E-state index in [2.05, 4.69) is 4.98 Å². The summed E-state index contributed by atoms with van der Waals surface area (Å²) in [5, 5.41) is 0.901. The first kappa shape index (κ1) is 12.9. The van der Waals surface area contributed by atoms with Crippen molar-refractivity contribution in [2.24, 2.45) is 5.73 Å². The minimum absolute atomic E-state index is 0.506. The van der Waals surface area contributed by atoms with Gasteiger partial charge in [-0.25, -0.2) is 4.98 Å². The van der Waals surface area contributed by atoms with Crippen molar-refractivity contribution in [1.29, 1.82) is 0 Å². The number of hydrogen-bond acceptors (Lipinski definition) is 5. The standard InChI is InChI=1S/C13H16N2O2S/c1-3-17-12-10(5-4-6-11(12)16-2)13-15-8-9(7-14)18-13/h4-6,8H,3,7,14H2,1-2H3. The molecular weight excluding hydrogens is 248 g/mol. The number of nitrogens with zero attached hydrogens (tertiary/aromatic N) is 1. The fraction of sp³-hybridized carbons (Fsp3) is 0.308. The third-order valence-electron chi connectivity index (χ3n) is 2.47. The van der Waals surface area contributed by atoms with Crippen LogP contribution in [-0.2, 0) is 6.54 Å². The summed E-state index contributed by atoms with van der Waals surface area (Å²) in [5.74, 6) is 1.46. The molecule has 1 aromatic heterocycles. The number of aromatic nitrogens is 1. The summed E-state index contributed by atoms with van der Waals surface area (Å²) in [6.07, 6.45) is 1.80. The highest BCUT2D eigenvalue weighted by molar-refractivity contribution is 7.15. The first-order valence-electron chi connectivity index (χ1n) is 5.75. The second-order valence-corrected chi connectivity index (χ2v) is 4.72. The van der Waals surface area contributed by atoms with Gasteiger partial charge in [0.1, 0.15) is 5.01 Å². The van der Waals surface area contributed by atoms with Crippen molar-refractivity contribution in [2.45, 2.75) is 13.5 Å². The normalized spacial score (nSPS) is 10.4. The molecule has 0 radical (unpaired) electrons. The van der Waals surface area contributed by atoms with Gasteiger partial charge in [-0.3, -0.25) is 0 Å². The van der Waals surface area contributed by atoms with Gasteiger partial charge in [-0.15, -0.1) is 11.3 Å². The van der Waals surface area contributed by atoms with Crippen molar-refractivity contribution >= 4 is 11.3 Å². The van der Waals surface area contributed by atoms with E-state index in [1.807, 2.05) is 25.1 Å². The van der Waals surface area contributed by atoms with E-state index in [0.717, 1.165) is 26.9 Å². The highest BCUT2D eigenvalue weighted by atomic mass is 32.1. The molecular formula is C13H16N2O2S. The SMILES string of the molecule is CCOc1c(OC)cccc1-c1ncc(CN)s1. The van der Waals surface area contributed by atoms with Gasteiger partial charge in [0, 0.05) is 17.6 Å². The Kier molecular flexibility index (Phi) is 4.17. The molecule has 0 saturated heterocycles. The molecule has 2 aromatic rings. The maximum atomic E-state index is 5.67. The first-order chi connectivity index (χ1) is 8.80. The van der Waals surface area contributed by atoms with Crippen LogP contribution in [0.4, 0.5) is 0 Å². The lowest BCUT2D eigenvalue weighted by molar-refractivity contribution is 0.312. The molecule has 4 nitrogen and oxygen atoms in total. The van der Waals surface area contributed by atoms with Crippen LogP contribution in [0.5, 0.6) is 11.5 Å². The Balaban J connectivity index is 2.48. The molecule has 0 aliphatic carbocycles. The summed E-state index contributed by atoms with van der Waals surface area (Å²) in [7, 11) is 1.63. The van der Waals surface area contributed by atoms with Gasteiger partial charge < -0.3 is 15.2 Å². The summed E-state index contributed by atoms with van der Waals surface area (Å²) in [6, 6.07) is 5.79. The van der Waals surface area contributed by atoms with E-state index < -0.39 is 0 Å². The molecule has 0 spiro atoms. The predicted octanol–water partition coefficient (Wildman–Crippen LogP) is 2.68. The van der Waals surface area contributed by atoms with Crippen LogP contribution in [0.25, 0.3) is 10.6 Å². The molecule has 0 atom stereocenters. The summed E-state index contributed by atoms with van der Waals surface area (Å²) >= 11 is 1.57. The van der Waals surface area contributed by atoms with Gasteiger partial charge in [0.05, 0.1) is 19.3 Å². The lowest BCUT2D eigenvalue weighted by atomic mass is 10.2. The fourth-order valence-corrected chi connectivity index (χ4v) is 2.48. The lowest BCUT2D eigenvalue weighted by Gasteiger charge is -2.12. The predicted molar refractivity (Wildman–Crippen MR) is 73.2 cm³/mol. The van der Waals surface area contributed by atoms with E-state index in [0.29, 0.717) is 13.2 Å². The van der Waals surface area contributed by atoms with Gasteiger partial charge in [-0.1, -0.05) is 6.07 Å². The zero-order valence-electron chi connectivity index (χ0n) is 10.5. The molecule has 1 aromatic carbocycles. The van der Waals surface area contributed by atoms with E-state index in [4.69, 9.17) is 15.2 Å². The number of nitrogens with two attached hydrogens (primary N) is 1. The molecule has 0 aliphatic rings. The average Bonchev–Trinajstić information content (AvgIpc) is 2.88. The Morgan fingerprint density at radius 1 is 1.39 bits per heavy atom. The Hall–Kier alpha value is -1.59. The Bertz CT molecular complexity index is 525. The molecule has 0 amide bonds. The van der Waals surface area contributed by atoms with Crippen molar-refractivity contribution in [1.82, 2.24) is 4.98 Å². The van der Waals surface area contributed by atoms with Crippen LogP contribution in [0, 0.1) is 0 Å². The number of rotatable bonds is 5. The number of ether oxygens (including phenoxy) is 2. The minimum Gasteiger partial charge on any atom is -0.493 e.